The third kappa shape index (κ3) is 5.31. The van der Waals surface area contributed by atoms with E-state index in [1.54, 1.807) is 24.3 Å². The fraction of sp³-hybridized carbons (Fsp3) is 0.300. The summed E-state index contributed by atoms with van der Waals surface area (Å²) >= 11 is 0. The van der Waals surface area contributed by atoms with Gasteiger partial charge in [-0.15, -0.1) is 0 Å². The van der Waals surface area contributed by atoms with Gasteiger partial charge in [0.25, 0.3) is 11.8 Å². The summed E-state index contributed by atoms with van der Waals surface area (Å²) in [5, 5.41) is 5.55. The first kappa shape index (κ1) is 19.4. The van der Waals surface area contributed by atoms with E-state index in [0.29, 0.717) is 30.0 Å². The highest BCUT2D eigenvalue weighted by Gasteiger charge is 2.21. The summed E-state index contributed by atoms with van der Waals surface area (Å²) in [7, 11) is 0. The molecular formula is C20H23FN2O3. The Labute approximate surface area is 152 Å². The second-order valence-corrected chi connectivity index (χ2v) is 5.76. The van der Waals surface area contributed by atoms with Crippen LogP contribution in [0.3, 0.4) is 0 Å². The molecular weight excluding hydrogens is 335 g/mol. The average molecular weight is 358 g/mol. The highest BCUT2D eigenvalue weighted by Crippen LogP contribution is 2.18. The summed E-state index contributed by atoms with van der Waals surface area (Å²) in [5.41, 5.74) is 0.818. The van der Waals surface area contributed by atoms with Crippen LogP contribution in [-0.4, -0.2) is 24.5 Å². The van der Waals surface area contributed by atoms with Crippen molar-refractivity contribution in [1.82, 2.24) is 5.32 Å². The van der Waals surface area contributed by atoms with Gasteiger partial charge in [-0.05, 0) is 49.2 Å². The Balaban J connectivity index is 2.09. The summed E-state index contributed by atoms with van der Waals surface area (Å²) in [5.74, 6) is -0.577. The van der Waals surface area contributed by atoms with E-state index in [9.17, 15) is 14.0 Å². The number of carbonyl (C=O) groups is 2. The molecule has 0 saturated carbocycles. The number of ether oxygens (including phenoxy) is 1. The van der Waals surface area contributed by atoms with Gasteiger partial charge in [-0.1, -0.05) is 26.0 Å². The number of para-hydroxylation sites is 1. The molecule has 0 radical (unpaired) electrons. The Bertz CT molecular complexity index is 747. The normalized spacial score (nSPS) is 11.5. The molecule has 0 aliphatic rings. The number of anilines is 1. The molecule has 2 aromatic rings. The first-order chi connectivity index (χ1) is 12.5. The Kier molecular flexibility index (Phi) is 7.14. The van der Waals surface area contributed by atoms with Crippen molar-refractivity contribution in [1.29, 1.82) is 0 Å². The van der Waals surface area contributed by atoms with E-state index < -0.39 is 6.10 Å². The van der Waals surface area contributed by atoms with Crippen LogP contribution in [0.2, 0.25) is 0 Å². The lowest BCUT2D eigenvalue weighted by molar-refractivity contribution is -0.122. The highest BCUT2D eigenvalue weighted by atomic mass is 19.1. The molecule has 0 bridgehead atoms. The van der Waals surface area contributed by atoms with E-state index in [2.05, 4.69) is 10.6 Å². The SMILES string of the molecule is CCCNC(=O)c1ccccc1NC(=O)[C@@H](CC)Oc1ccc(F)cc1. The molecule has 138 valence electrons. The van der Waals surface area contributed by atoms with Gasteiger partial charge in [-0.2, -0.15) is 0 Å². The molecule has 0 heterocycles. The molecule has 0 saturated heterocycles. The topological polar surface area (TPSA) is 67.4 Å². The number of amides is 2. The fourth-order valence-electron chi connectivity index (χ4n) is 2.34. The maximum Gasteiger partial charge on any atom is 0.265 e. The maximum absolute atomic E-state index is 13.0. The lowest BCUT2D eigenvalue weighted by Crippen LogP contribution is -2.33. The highest BCUT2D eigenvalue weighted by molar-refractivity contribution is 6.04. The van der Waals surface area contributed by atoms with Gasteiger partial charge in [0.05, 0.1) is 11.3 Å². The van der Waals surface area contributed by atoms with Crippen molar-refractivity contribution >= 4 is 17.5 Å². The molecule has 2 aromatic carbocycles. The zero-order valence-electron chi connectivity index (χ0n) is 14.9. The van der Waals surface area contributed by atoms with Gasteiger partial charge in [0, 0.05) is 6.54 Å². The van der Waals surface area contributed by atoms with Crippen molar-refractivity contribution in [2.45, 2.75) is 32.8 Å². The van der Waals surface area contributed by atoms with Crippen molar-refractivity contribution in [2.75, 3.05) is 11.9 Å². The molecule has 6 heteroatoms. The summed E-state index contributed by atoms with van der Waals surface area (Å²) < 4.78 is 18.6. The molecule has 26 heavy (non-hydrogen) atoms. The van der Waals surface area contributed by atoms with Crippen molar-refractivity contribution in [3.8, 4) is 5.75 Å². The molecule has 0 aliphatic heterocycles. The molecule has 0 fully saturated rings. The van der Waals surface area contributed by atoms with Gasteiger partial charge in [0.15, 0.2) is 6.10 Å². The number of hydrogen-bond acceptors (Lipinski definition) is 3. The molecule has 2 amide bonds. The van der Waals surface area contributed by atoms with Crippen molar-refractivity contribution in [2.24, 2.45) is 0 Å². The summed E-state index contributed by atoms with van der Waals surface area (Å²) in [6, 6.07) is 12.3. The van der Waals surface area contributed by atoms with Gasteiger partial charge < -0.3 is 15.4 Å². The minimum absolute atomic E-state index is 0.241. The van der Waals surface area contributed by atoms with Crippen LogP contribution in [0.4, 0.5) is 10.1 Å². The van der Waals surface area contributed by atoms with Crippen molar-refractivity contribution < 1.29 is 18.7 Å². The second kappa shape index (κ2) is 9.56. The van der Waals surface area contributed by atoms with E-state index in [1.165, 1.54) is 24.3 Å². The molecule has 2 rings (SSSR count). The van der Waals surface area contributed by atoms with Crippen LogP contribution in [0.1, 0.15) is 37.0 Å². The van der Waals surface area contributed by atoms with E-state index >= 15 is 0 Å². The van der Waals surface area contributed by atoms with Gasteiger partial charge in [0.2, 0.25) is 0 Å². The molecule has 0 aliphatic carbocycles. The van der Waals surface area contributed by atoms with E-state index in [-0.39, 0.29) is 17.6 Å². The van der Waals surface area contributed by atoms with E-state index in [0.717, 1.165) is 6.42 Å². The first-order valence-corrected chi connectivity index (χ1v) is 8.65. The van der Waals surface area contributed by atoms with Crippen molar-refractivity contribution in [3.05, 3.63) is 59.9 Å². The van der Waals surface area contributed by atoms with Gasteiger partial charge in [-0.25, -0.2) is 4.39 Å². The van der Waals surface area contributed by atoms with Crippen molar-refractivity contribution in [3.63, 3.8) is 0 Å². The minimum atomic E-state index is -0.757. The van der Waals surface area contributed by atoms with Gasteiger partial charge >= 0.3 is 0 Å². The predicted molar refractivity (Wildman–Crippen MR) is 98.8 cm³/mol. The molecule has 5 nitrogen and oxygen atoms in total. The fourth-order valence-corrected chi connectivity index (χ4v) is 2.34. The maximum atomic E-state index is 13.0. The number of halogens is 1. The third-order valence-corrected chi connectivity index (χ3v) is 3.72. The molecule has 1 atom stereocenters. The lowest BCUT2D eigenvalue weighted by atomic mass is 10.1. The monoisotopic (exact) mass is 358 g/mol. The average Bonchev–Trinajstić information content (AvgIpc) is 2.66. The standard InChI is InChI=1S/C20H23FN2O3/c1-3-13-22-19(24)16-7-5-6-8-17(16)23-20(25)18(4-2)26-15-11-9-14(21)10-12-15/h5-12,18H,3-4,13H2,1-2H3,(H,22,24)(H,23,25)/t18-/m1/s1. The van der Waals surface area contributed by atoms with Crippen LogP contribution in [0.25, 0.3) is 0 Å². The molecule has 2 N–H and O–H groups in total. The van der Waals surface area contributed by atoms with E-state index in [1.807, 2.05) is 13.8 Å². The summed E-state index contributed by atoms with van der Waals surface area (Å²) in [6.45, 7) is 4.34. The summed E-state index contributed by atoms with van der Waals surface area (Å²) in [4.78, 5) is 24.8. The van der Waals surface area contributed by atoms with Crippen LogP contribution >= 0.6 is 0 Å². The lowest BCUT2D eigenvalue weighted by Gasteiger charge is -2.18. The summed E-state index contributed by atoms with van der Waals surface area (Å²) in [6.07, 6.45) is 0.490. The minimum Gasteiger partial charge on any atom is -0.481 e. The third-order valence-electron chi connectivity index (χ3n) is 3.72. The quantitative estimate of drug-likeness (QED) is 0.755. The number of nitrogens with one attached hydrogen (secondary N) is 2. The van der Waals surface area contributed by atoms with Gasteiger partial charge in [-0.3, -0.25) is 9.59 Å². The number of benzene rings is 2. The Hall–Kier alpha value is -2.89. The zero-order chi connectivity index (χ0) is 18.9. The van der Waals surface area contributed by atoms with E-state index in [4.69, 9.17) is 4.74 Å². The van der Waals surface area contributed by atoms with Crippen LogP contribution < -0.4 is 15.4 Å². The second-order valence-electron chi connectivity index (χ2n) is 5.76. The Morgan fingerprint density at radius 1 is 1.08 bits per heavy atom. The molecule has 0 unspecified atom stereocenters. The number of carbonyl (C=O) groups excluding carboxylic acids is 2. The smallest absolute Gasteiger partial charge is 0.265 e. The van der Waals surface area contributed by atoms with Crippen LogP contribution in [0, 0.1) is 5.82 Å². The number of hydrogen-bond donors (Lipinski definition) is 2. The Morgan fingerprint density at radius 2 is 1.77 bits per heavy atom. The van der Waals surface area contributed by atoms with Crippen LogP contribution in [-0.2, 0) is 4.79 Å². The largest absolute Gasteiger partial charge is 0.481 e. The Morgan fingerprint density at radius 3 is 2.42 bits per heavy atom. The number of rotatable bonds is 8. The van der Waals surface area contributed by atoms with Gasteiger partial charge in [0.1, 0.15) is 11.6 Å². The molecule has 0 spiro atoms. The predicted octanol–water partition coefficient (Wildman–Crippen LogP) is 3.76. The van der Waals surface area contributed by atoms with Crippen LogP contribution in [0.5, 0.6) is 5.75 Å². The van der Waals surface area contributed by atoms with Crippen LogP contribution in [0.15, 0.2) is 48.5 Å². The first-order valence-electron chi connectivity index (χ1n) is 8.65. The molecule has 0 aromatic heterocycles. The zero-order valence-corrected chi connectivity index (χ0v) is 14.9.